The van der Waals surface area contributed by atoms with Gasteiger partial charge < -0.3 is 20.8 Å². The fourth-order valence-electron chi connectivity index (χ4n) is 1.22. The molecule has 0 saturated heterocycles. The van der Waals surface area contributed by atoms with Crippen molar-refractivity contribution in [3.05, 3.63) is 11.9 Å². The summed E-state index contributed by atoms with van der Waals surface area (Å²) in [6, 6.07) is 1.29. The molecule has 0 aliphatic heterocycles. The number of anilines is 2. The van der Waals surface area contributed by atoms with Crippen LogP contribution in [0.2, 0.25) is 0 Å². The van der Waals surface area contributed by atoms with Gasteiger partial charge in [-0.2, -0.15) is 13.2 Å². The molecule has 1 aromatic rings. The minimum Gasteiger partial charge on any atom is -0.394 e. The fraction of sp³-hybridized carbons (Fsp3) is 0.600. The van der Waals surface area contributed by atoms with Gasteiger partial charge in [0.25, 0.3) is 0 Å². The molecule has 19 heavy (non-hydrogen) atoms. The lowest BCUT2D eigenvalue weighted by Crippen LogP contribution is -2.24. The summed E-state index contributed by atoms with van der Waals surface area (Å²) in [5.41, 5.74) is 0. The van der Waals surface area contributed by atoms with Crippen LogP contribution in [0, 0.1) is 0 Å². The van der Waals surface area contributed by atoms with E-state index < -0.39 is 24.7 Å². The van der Waals surface area contributed by atoms with Gasteiger partial charge in [0, 0.05) is 19.2 Å². The predicted octanol–water partition coefficient (Wildman–Crippen LogP) is 0.692. The highest BCUT2D eigenvalue weighted by molar-refractivity contribution is 5.47. The summed E-state index contributed by atoms with van der Waals surface area (Å²) in [5, 5.41) is 22.9. The van der Waals surface area contributed by atoms with Crippen LogP contribution in [0.5, 0.6) is 0 Å². The number of aliphatic hydroxyl groups excluding tert-OH is 2. The average Bonchev–Trinajstić information content (AvgIpc) is 2.35. The monoisotopic (exact) mass is 280 g/mol. The zero-order valence-corrected chi connectivity index (χ0v) is 10.2. The molecule has 1 aromatic heterocycles. The first-order valence-electron chi connectivity index (χ1n) is 5.59. The third-order valence-electron chi connectivity index (χ3n) is 2.07. The Labute approximate surface area is 107 Å². The molecule has 4 N–H and O–H groups in total. The Morgan fingerprint density at radius 3 is 2.32 bits per heavy atom. The molecule has 1 heterocycles. The maximum Gasteiger partial charge on any atom is 0.451 e. The van der Waals surface area contributed by atoms with Gasteiger partial charge in [-0.3, -0.25) is 0 Å². The number of nitrogens with one attached hydrogen (secondary N) is 2. The summed E-state index contributed by atoms with van der Waals surface area (Å²) in [6.07, 6.45) is -5.73. The molecular weight excluding hydrogens is 265 g/mol. The molecule has 6 nitrogen and oxygen atoms in total. The molecule has 1 rings (SSSR count). The molecule has 0 fully saturated rings. The van der Waals surface area contributed by atoms with Crippen molar-refractivity contribution in [1.29, 1.82) is 0 Å². The zero-order chi connectivity index (χ0) is 14.5. The van der Waals surface area contributed by atoms with E-state index in [-0.39, 0.29) is 18.2 Å². The van der Waals surface area contributed by atoms with Gasteiger partial charge in [-0.05, 0) is 6.92 Å². The van der Waals surface area contributed by atoms with Crippen molar-refractivity contribution in [2.45, 2.75) is 19.2 Å². The smallest absolute Gasteiger partial charge is 0.394 e. The molecule has 0 amide bonds. The van der Waals surface area contributed by atoms with Crippen molar-refractivity contribution >= 4 is 11.6 Å². The molecule has 0 radical (unpaired) electrons. The first-order valence-corrected chi connectivity index (χ1v) is 5.59. The second-order valence-corrected chi connectivity index (χ2v) is 3.71. The number of aromatic nitrogens is 2. The predicted molar refractivity (Wildman–Crippen MR) is 62.8 cm³/mol. The van der Waals surface area contributed by atoms with E-state index in [4.69, 9.17) is 10.2 Å². The topological polar surface area (TPSA) is 90.3 Å². The van der Waals surface area contributed by atoms with Gasteiger partial charge in [-0.25, -0.2) is 9.97 Å². The van der Waals surface area contributed by atoms with E-state index in [1.54, 1.807) is 6.92 Å². The molecule has 9 heteroatoms. The van der Waals surface area contributed by atoms with Crippen molar-refractivity contribution in [3.8, 4) is 0 Å². The second-order valence-electron chi connectivity index (χ2n) is 3.71. The van der Waals surface area contributed by atoms with Gasteiger partial charge in [0.05, 0.1) is 12.7 Å². The Bertz CT molecular complexity index is 414. The Balaban J connectivity index is 2.93. The van der Waals surface area contributed by atoms with Crippen molar-refractivity contribution < 1.29 is 23.4 Å². The van der Waals surface area contributed by atoms with E-state index in [2.05, 4.69) is 20.6 Å². The molecule has 0 saturated carbocycles. The average molecular weight is 280 g/mol. The summed E-state index contributed by atoms with van der Waals surface area (Å²) in [7, 11) is 0. The van der Waals surface area contributed by atoms with E-state index in [1.807, 2.05) is 0 Å². The highest BCUT2D eigenvalue weighted by atomic mass is 19.4. The van der Waals surface area contributed by atoms with Crippen LogP contribution in [0.4, 0.5) is 24.8 Å². The minimum absolute atomic E-state index is 0.0332. The highest BCUT2D eigenvalue weighted by Gasteiger charge is 2.35. The van der Waals surface area contributed by atoms with Gasteiger partial charge in [-0.15, -0.1) is 0 Å². The molecule has 0 bridgehead atoms. The van der Waals surface area contributed by atoms with Gasteiger partial charge >= 0.3 is 6.18 Å². The number of halogens is 3. The molecule has 1 atom stereocenters. The summed E-state index contributed by atoms with van der Waals surface area (Å²) >= 11 is 0. The maximum atomic E-state index is 12.6. The van der Waals surface area contributed by atoms with Gasteiger partial charge in [0.1, 0.15) is 11.6 Å². The molecular formula is C10H15F3N4O2. The van der Waals surface area contributed by atoms with Crippen LogP contribution >= 0.6 is 0 Å². The molecule has 1 unspecified atom stereocenters. The summed E-state index contributed by atoms with van der Waals surface area (Å²) in [5.74, 6) is -1.32. The van der Waals surface area contributed by atoms with Crippen LogP contribution in [0.3, 0.4) is 0 Å². The van der Waals surface area contributed by atoms with Crippen LogP contribution in [0.15, 0.2) is 6.07 Å². The van der Waals surface area contributed by atoms with Crippen LogP contribution in [0.25, 0.3) is 0 Å². The zero-order valence-electron chi connectivity index (χ0n) is 10.2. The van der Waals surface area contributed by atoms with E-state index >= 15 is 0 Å². The van der Waals surface area contributed by atoms with Crippen molar-refractivity contribution in [3.63, 3.8) is 0 Å². The van der Waals surface area contributed by atoms with Gasteiger partial charge in [-0.1, -0.05) is 0 Å². The number of rotatable bonds is 6. The van der Waals surface area contributed by atoms with E-state index in [9.17, 15) is 13.2 Å². The Hall–Kier alpha value is -1.61. The number of aliphatic hydroxyl groups is 2. The lowest BCUT2D eigenvalue weighted by Gasteiger charge is -2.13. The van der Waals surface area contributed by atoms with Crippen molar-refractivity contribution in [2.24, 2.45) is 0 Å². The Kier molecular flexibility index (Phi) is 5.31. The lowest BCUT2D eigenvalue weighted by molar-refractivity contribution is -0.144. The first-order chi connectivity index (χ1) is 8.86. The SMILES string of the molecule is CCNc1cc(NCC(O)CO)nc(C(F)(F)F)n1. The van der Waals surface area contributed by atoms with Crippen LogP contribution in [-0.4, -0.2) is 46.0 Å². The number of hydrogen-bond donors (Lipinski definition) is 4. The van der Waals surface area contributed by atoms with E-state index in [0.717, 1.165) is 0 Å². The third kappa shape index (κ3) is 4.87. The Morgan fingerprint density at radius 2 is 1.84 bits per heavy atom. The summed E-state index contributed by atoms with van der Waals surface area (Å²) < 4.78 is 37.7. The molecule has 108 valence electrons. The summed E-state index contributed by atoms with van der Waals surface area (Å²) in [4.78, 5) is 6.66. The normalized spacial score (nSPS) is 13.2. The van der Waals surface area contributed by atoms with Crippen LogP contribution in [-0.2, 0) is 6.18 Å². The maximum absolute atomic E-state index is 12.6. The first kappa shape index (κ1) is 15.4. The Morgan fingerprint density at radius 1 is 1.26 bits per heavy atom. The van der Waals surface area contributed by atoms with Crippen LogP contribution in [0.1, 0.15) is 12.7 Å². The third-order valence-corrected chi connectivity index (χ3v) is 2.07. The summed E-state index contributed by atoms with van der Waals surface area (Å²) in [6.45, 7) is 1.52. The van der Waals surface area contributed by atoms with E-state index in [0.29, 0.717) is 6.54 Å². The standard InChI is InChI=1S/C10H15F3N4O2/c1-2-14-7-3-8(15-4-6(19)5-18)17-9(16-7)10(11,12)13/h3,6,18-19H,2,4-5H2,1H3,(H2,14,15,16,17). The number of hydrogen-bond acceptors (Lipinski definition) is 6. The van der Waals surface area contributed by atoms with Gasteiger partial charge in [0.15, 0.2) is 0 Å². The van der Waals surface area contributed by atoms with Crippen LogP contribution < -0.4 is 10.6 Å². The van der Waals surface area contributed by atoms with Gasteiger partial charge in [0.2, 0.25) is 5.82 Å². The quantitative estimate of drug-likeness (QED) is 0.613. The fourth-order valence-corrected chi connectivity index (χ4v) is 1.22. The second kappa shape index (κ2) is 6.53. The largest absolute Gasteiger partial charge is 0.451 e. The molecule has 0 spiro atoms. The molecule has 0 aliphatic rings. The van der Waals surface area contributed by atoms with Crippen molar-refractivity contribution in [1.82, 2.24) is 9.97 Å². The molecule has 0 aromatic carbocycles. The minimum atomic E-state index is -4.66. The highest BCUT2D eigenvalue weighted by Crippen LogP contribution is 2.28. The van der Waals surface area contributed by atoms with E-state index in [1.165, 1.54) is 6.07 Å². The lowest BCUT2D eigenvalue weighted by atomic mass is 10.3. The number of nitrogens with zero attached hydrogens (tertiary/aromatic N) is 2. The molecule has 0 aliphatic carbocycles. The van der Waals surface area contributed by atoms with Crippen molar-refractivity contribution in [2.75, 3.05) is 30.3 Å². The number of alkyl halides is 3.